The van der Waals surface area contributed by atoms with Crippen LogP contribution in [0.4, 0.5) is 0 Å². The lowest BCUT2D eigenvalue weighted by molar-refractivity contribution is -0.158. The highest BCUT2D eigenvalue weighted by atomic mass is 32.2. The smallest absolute Gasteiger partial charge is 0.330 e. The van der Waals surface area contributed by atoms with Crippen LogP contribution in [-0.2, 0) is 28.6 Å². The van der Waals surface area contributed by atoms with E-state index in [1.165, 1.54) is 0 Å². The van der Waals surface area contributed by atoms with Crippen LogP contribution in [0.25, 0.3) is 0 Å². The van der Waals surface area contributed by atoms with Crippen molar-refractivity contribution in [2.24, 2.45) is 0 Å². The van der Waals surface area contributed by atoms with Crippen molar-refractivity contribution < 1.29 is 28.6 Å². The fraction of sp³-hybridized carbons (Fsp3) is 0.643. The Morgan fingerprint density at radius 3 is 2.24 bits per heavy atom. The maximum Gasteiger partial charge on any atom is 0.330 e. The van der Waals surface area contributed by atoms with Crippen molar-refractivity contribution in [2.45, 2.75) is 32.3 Å². The molecule has 6 nitrogen and oxygen atoms in total. The van der Waals surface area contributed by atoms with E-state index < -0.39 is 23.5 Å². The molecule has 0 heterocycles. The van der Waals surface area contributed by atoms with Gasteiger partial charge in [0.05, 0.1) is 12.8 Å². The number of rotatable bonds is 10. The van der Waals surface area contributed by atoms with Crippen LogP contribution in [0, 0.1) is 0 Å². The Morgan fingerprint density at radius 2 is 1.67 bits per heavy atom. The van der Waals surface area contributed by atoms with E-state index in [1.54, 1.807) is 11.8 Å². The molecule has 21 heavy (non-hydrogen) atoms. The van der Waals surface area contributed by atoms with E-state index in [-0.39, 0.29) is 26.1 Å². The lowest BCUT2D eigenvalue weighted by Gasteiger charge is -2.23. The molecule has 0 spiro atoms. The molecule has 0 rings (SSSR count). The average molecular weight is 318 g/mol. The molecule has 0 aromatic rings. The minimum atomic E-state index is -0.578. The van der Waals surface area contributed by atoms with Gasteiger partial charge in [0.15, 0.2) is 0 Å². The molecule has 0 bridgehead atoms. The molecule has 0 aliphatic carbocycles. The van der Waals surface area contributed by atoms with Crippen molar-refractivity contribution in [2.75, 3.05) is 25.2 Å². The van der Waals surface area contributed by atoms with Gasteiger partial charge in [0.25, 0.3) is 0 Å². The maximum absolute atomic E-state index is 11.6. The quantitative estimate of drug-likeness (QED) is 0.263. The normalized spacial score (nSPS) is 10.6. The SMILES string of the molecule is C=CC(=O)OCCOC(=O)CCC(=O)OC(C)(C)CSC. The first-order chi connectivity index (χ1) is 9.80. The second-order valence-electron chi connectivity index (χ2n) is 4.76. The molecule has 7 heteroatoms. The topological polar surface area (TPSA) is 78.9 Å². The summed E-state index contributed by atoms with van der Waals surface area (Å²) in [4.78, 5) is 33.6. The summed E-state index contributed by atoms with van der Waals surface area (Å²) < 4.78 is 14.7. The van der Waals surface area contributed by atoms with Crippen LogP contribution < -0.4 is 0 Å². The van der Waals surface area contributed by atoms with E-state index >= 15 is 0 Å². The van der Waals surface area contributed by atoms with Crippen molar-refractivity contribution in [3.63, 3.8) is 0 Å². The Kier molecular flexibility index (Phi) is 9.53. The van der Waals surface area contributed by atoms with Gasteiger partial charge in [-0.3, -0.25) is 9.59 Å². The number of carbonyl (C=O) groups is 3. The first kappa shape index (κ1) is 19.5. The van der Waals surface area contributed by atoms with E-state index in [1.807, 2.05) is 20.1 Å². The summed E-state index contributed by atoms with van der Waals surface area (Å²) in [6, 6.07) is 0. The third-order valence-corrected chi connectivity index (χ3v) is 3.16. The molecule has 0 N–H and O–H groups in total. The van der Waals surface area contributed by atoms with Crippen LogP contribution in [0.1, 0.15) is 26.7 Å². The van der Waals surface area contributed by atoms with Gasteiger partial charge in [-0.2, -0.15) is 11.8 Å². The third kappa shape index (κ3) is 10.9. The van der Waals surface area contributed by atoms with E-state index in [4.69, 9.17) is 9.47 Å². The summed E-state index contributed by atoms with van der Waals surface area (Å²) in [5, 5.41) is 0. The number of esters is 3. The van der Waals surface area contributed by atoms with Gasteiger partial charge < -0.3 is 14.2 Å². The van der Waals surface area contributed by atoms with Crippen molar-refractivity contribution in [3.8, 4) is 0 Å². The standard InChI is InChI=1S/C14H22O6S/c1-5-11(15)18-8-9-19-12(16)6-7-13(17)20-14(2,3)10-21-4/h5H,1,6-10H2,2-4H3. The van der Waals surface area contributed by atoms with Crippen LogP contribution in [0.15, 0.2) is 12.7 Å². The number of hydrogen-bond donors (Lipinski definition) is 0. The zero-order valence-electron chi connectivity index (χ0n) is 12.7. The predicted molar refractivity (Wildman–Crippen MR) is 79.9 cm³/mol. The van der Waals surface area contributed by atoms with Gasteiger partial charge in [-0.15, -0.1) is 0 Å². The Morgan fingerprint density at radius 1 is 1.10 bits per heavy atom. The molecular formula is C14H22O6S. The van der Waals surface area contributed by atoms with Crippen molar-refractivity contribution in [3.05, 3.63) is 12.7 Å². The van der Waals surface area contributed by atoms with Gasteiger partial charge in [-0.1, -0.05) is 6.58 Å². The first-order valence-electron chi connectivity index (χ1n) is 6.46. The number of hydrogen-bond acceptors (Lipinski definition) is 7. The van der Waals surface area contributed by atoms with Gasteiger partial charge in [0, 0.05) is 11.8 Å². The molecule has 0 saturated carbocycles. The highest BCUT2D eigenvalue weighted by Gasteiger charge is 2.22. The maximum atomic E-state index is 11.6. The zero-order valence-corrected chi connectivity index (χ0v) is 13.5. The minimum Gasteiger partial charge on any atom is -0.462 e. The molecule has 120 valence electrons. The van der Waals surface area contributed by atoms with E-state index in [0.29, 0.717) is 5.75 Å². The highest BCUT2D eigenvalue weighted by molar-refractivity contribution is 7.98. The molecule has 0 aliphatic heterocycles. The first-order valence-corrected chi connectivity index (χ1v) is 7.85. The predicted octanol–water partition coefficient (Wildman–Crippen LogP) is 1.72. The van der Waals surface area contributed by atoms with Gasteiger partial charge >= 0.3 is 17.9 Å². The summed E-state index contributed by atoms with van der Waals surface area (Å²) in [7, 11) is 0. The van der Waals surface area contributed by atoms with Crippen molar-refractivity contribution >= 4 is 29.7 Å². The average Bonchev–Trinajstić information content (AvgIpc) is 2.40. The molecule has 0 aromatic heterocycles. The molecule has 0 radical (unpaired) electrons. The van der Waals surface area contributed by atoms with E-state index in [2.05, 4.69) is 11.3 Å². The van der Waals surface area contributed by atoms with E-state index in [0.717, 1.165) is 6.08 Å². The minimum absolute atomic E-state index is 0.0386. The van der Waals surface area contributed by atoms with Crippen LogP contribution in [-0.4, -0.2) is 48.7 Å². The molecule has 0 atom stereocenters. The number of ether oxygens (including phenoxy) is 3. The summed E-state index contributed by atoms with van der Waals surface area (Å²) in [5.41, 5.74) is -0.556. The number of thioether (sulfide) groups is 1. The molecule has 0 amide bonds. The van der Waals surface area contributed by atoms with Crippen LogP contribution in [0.2, 0.25) is 0 Å². The summed E-state index contributed by atoms with van der Waals surface area (Å²) in [6.45, 7) is 6.77. The monoisotopic (exact) mass is 318 g/mol. The zero-order chi connectivity index (χ0) is 16.3. The van der Waals surface area contributed by atoms with Crippen molar-refractivity contribution in [1.82, 2.24) is 0 Å². The fourth-order valence-electron chi connectivity index (χ4n) is 1.37. The Balaban J connectivity index is 3.80. The Bertz CT molecular complexity index is 378. The highest BCUT2D eigenvalue weighted by Crippen LogP contribution is 2.16. The second kappa shape index (κ2) is 10.3. The molecule has 0 fully saturated rings. The van der Waals surface area contributed by atoms with Gasteiger partial charge in [-0.05, 0) is 20.1 Å². The molecule has 0 saturated heterocycles. The number of carbonyl (C=O) groups excluding carboxylic acids is 3. The van der Waals surface area contributed by atoms with Gasteiger partial charge in [0.2, 0.25) is 0 Å². The summed E-state index contributed by atoms with van der Waals surface area (Å²) in [5.74, 6) is -0.878. The largest absolute Gasteiger partial charge is 0.462 e. The van der Waals surface area contributed by atoms with Crippen molar-refractivity contribution in [1.29, 1.82) is 0 Å². The Labute approximate surface area is 129 Å². The third-order valence-electron chi connectivity index (χ3n) is 2.17. The molecule has 0 aliphatic rings. The van der Waals surface area contributed by atoms with E-state index in [9.17, 15) is 14.4 Å². The van der Waals surface area contributed by atoms with Crippen LogP contribution >= 0.6 is 11.8 Å². The fourth-order valence-corrected chi connectivity index (χ4v) is 2.12. The van der Waals surface area contributed by atoms with Gasteiger partial charge in [-0.25, -0.2) is 4.79 Å². The molecule has 0 unspecified atom stereocenters. The lowest BCUT2D eigenvalue weighted by atomic mass is 10.2. The summed E-state index contributed by atoms with van der Waals surface area (Å²) >= 11 is 1.58. The lowest BCUT2D eigenvalue weighted by Crippen LogP contribution is -2.31. The second-order valence-corrected chi connectivity index (χ2v) is 5.62. The molecule has 0 aromatic carbocycles. The Hall–Kier alpha value is -1.50. The van der Waals surface area contributed by atoms with Crippen LogP contribution in [0.5, 0.6) is 0 Å². The van der Waals surface area contributed by atoms with Crippen LogP contribution in [0.3, 0.4) is 0 Å². The molecular weight excluding hydrogens is 296 g/mol. The summed E-state index contributed by atoms with van der Waals surface area (Å²) in [6.07, 6.45) is 2.84. The van der Waals surface area contributed by atoms with Gasteiger partial charge in [0.1, 0.15) is 18.8 Å².